The first kappa shape index (κ1) is 31.8. The van der Waals surface area contributed by atoms with E-state index in [1.807, 2.05) is 0 Å². The van der Waals surface area contributed by atoms with Gasteiger partial charge in [0.15, 0.2) is 0 Å². The SMILES string of the molecule is CCCCCCCCCCCCO.Oc1c(Cl)cc(Cl)c(Cl)c1Cc1c(O)c(Cl)cc(Cl)c1Cl. The minimum atomic E-state index is -0.252. The van der Waals surface area contributed by atoms with Gasteiger partial charge < -0.3 is 15.3 Å². The number of halogens is 6. The molecular formula is C25H32Cl6O3. The van der Waals surface area contributed by atoms with Gasteiger partial charge in [-0.2, -0.15) is 0 Å². The molecule has 0 saturated heterocycles. The summed E-state index contributed by atoms with van der Waals surface area (Å²) in [5.41, 5.74) is 0.425. The molecule has 0 unspecified atom stereocenters. The Morgan fingerprint density at radius 1 is 0.559 bits per heavy atom. The molecule has 0 fully saturated rings. The highest BCUT2D eigenvalue weighted by molar-refractivity contribution is 6.45. The Morgan fingerprint density at radius 3 is 1.26 bits per heavy atom. The molecule has 0 heterocycles. The zero-order valence-electron chi connectivity index (χ0n) is 19.2. The number of aliphatic hydroxyl groups is 1. The number of rotatable bonds is 12. The van der Waals surface area contributed by atoms with E-state index < -0.39 is 0 Å². The average molecular weight is 593 g/mol. The third-order valence-electron chi connectivity index (χ3n) is 5.35. The van der Waals surface area contributed by atoms with E-state index in [0.717, 1.165) is 6.42 Å². The summed E-state index contributed by atoms with van der Waals surface area (Å²) in [6, 6.07) is 2.63. The van der Waals surface area contributed by atoms with Crippen molar-refractivity contribution < 1.29 is 15.3 Å². The Labute approximate surface area is 232 Å². The fourth-order valence-corrected chi connectivity index (χ4v) is 4.80. The van der Waals surface area contributed by atoms with Gasteiger partial charge in [0.25, 0.3) is 0 Å². The zero-order chi connectivity index (χ0) is 25.7. The predicted octanol–water partition coefficient (Wildman–Crippen LogP) is 10.5. The van der Waals surface area contributed by atoms with E-state index in [-0.39, 0.29) is 59.2 Å². The standard InChI is InChI=1S/C13H6Cl6O2.C12H26O/c14-6-2-8(16)12(20)4(10(6)18)1-5-11(19)7(15)3-9(17)13(5)21;1-2-3-4-5-6-7-8-9-10-11-12-13/h2-3,20-21H,1H2;13H,2-12H2,1H3. The van der Waals surface area contributed by atoms with Gasteiger partial charge in [0, 0.05) is 24.2 Å². The molecule has 0 amide bonds. The molecule has 0 aromatic heterocycles. The Kier molecular flexibility index (Phi) is 16.1. The van der Waals surface area contributed by atoms with Gasteiger partial charge in [0.2, 0.25) is 0 Å². The number of phenols is 2. The Bertz CT molecular complexity index is 781. The van der Waals surface area contributed by atoms with Crippen molar-refractivity contribution in [1.82, 2.24) is 0 Å². The van der Waals surface area contributed by atoms with Crippen LogP contribution in [-0.4, -0.2) is 21.9 Å². The van der Waals surface area contributed by atoms with Crippen LogP contribution in [0.1, 0.15) is 82.3 Å². The molecule has 0 aliphatic rings. The molecule has 0 radical (unpaired) electrons. The van der Waals surface area contributed by atoms with E-state index in [1.165, 1.54) is 69.9 Å². The lowest BCUT2D eigenvalue weighted by atomic mass is 10.0. The highest BCUT2D eigenvalue weighted by Gasteiger charge is 2.21. The normalized spacial score (nSPS) is 10.8. The third kappa shape index (κ3) is 10.4. The van der Waals surface area contributed by atoms with Gasteiger partial charge in [-0.05, 0) is 18.6 Å². The van der Waals surface area contributed by atoms with Gasteiger partial charge in [-0.1, -0.05) is 134 Å². The number of aliphatic hydroxyl groups excluding tert-OH is 1. The van der Waals surface area contributed by atoms with Crippen LogP contribution in [0.5, 0.6) is 11.5 Å². The minimum Gasteiger partial charge on any atom is -0.506 e. The second-order valence-electron chi connectivity index (χ2n) is 8.05. The summed E-state index contributed by atoms with van der Waals surface area (Å²) >= 11 is 35.7. The van der Waals surface area contributed by atoms with Crippen molar-refractivity contribution in [3.63, 3.8) is 0 Å². The van der Waals surface area contributed by atoms with E-state index >= 15 is 0 Å². The molecule has 0 aliphatic carbocycles. The molecule has 9 heteroatoms. The lowest BCUT2D eigenvalue weighted by molar-refractivity contribution is 0.282. The molecular weight excluding hydrogens is 561 g/mol. The van der Waals surface area contributed by atoms with Crippen molar-refractivity contribution in [2.45, 2.75) is 77.6 Å². The Balaban J connectivity index is 0.000000385. The fraction of sp³-hybridized carbons (Fsp3) is 0.520. The number of hydrogen-bond donors (Lipinski definition) is 3. The van der Waals surface area contributed by atoms with Gasteiger partial charge in [0.05, 0.1) is 30.1 Å². The molecule has 0 spiro atoms. The van der Waals surface area contributed by atoms with Crippen molar-refractivity contribution in [2.75, 3.05) is 6.61 Å². The summed E-state index contributed by atoms with van der Waals surface area (Å²) in [7, 11) is 0. The first-order valence-electron chi connectivity index (χ1n) is 11.5. The molecule has 2 aromatic carbocycles. The molecule has 0 atom stereocenters. The number of phenolic OH excluding ortho intramolecular Hbond substituents is 2. The maximum Gasteiger partial charge on any atom is 0.139 e. The maximum atomic E-state index is 10.0. The molecule has 192 valence electrons. The predicted molar refractivity (Wildman–Crippen MR) is 148 cm³/mol. The van der Waals surface area contributed by atoms with Crippen molar-refractivity contribution in [2.24, 2.45) is 0 Å². The maximum absolute atomic E-state index is 10.0. The van der Waals surface area contributed by atoms with Crippen molar-refractivity contribution in [3.8, 4) is 11.5 Å². The number of hydrogen-bond acceptors (Lipinski definition) is 3. The van der Waals surface area contributed by atoms with Crippen LogP contribution in [0.15, 0.2) is 12.1 Å². The van der Waals surface area contributed by atoms with E-state index in [2.05, 4.69) is 6.92 Å². The van der Waals surface area contributed by atoms with E-state index in [1.54, 1.807) is 0 Å². The topological polar surface area (TPSA) is 60.7 Å². The molecule has 34 heavy (non-hydrogen) atoms. The average Bonchev–Trinajstić information content (AvgIpc) is 2.80. The minimum absolute atomic E-state index is 0.0307. The van der Waals surface area contributed by atoms with Crippen LogP contribution in [0.4, 0.5) is 0 Å². The van der Waals surface area contributed by atoms with Gasteiger partial charge in [-0.15, -0.1) is 0 Å². The lowest BCUT2D eigenvalue weighted by Gasteiger charge is -2.14. The van der Waals surface area contributed by atoms with Crippen LogP contribution in [0.25, 0.3) is 0 Å². The third-order valence-corrected chi connectivity index (χ3v) is 7.57. The number of aromatic hydroxyl groups is 2. The van der Waals surface area contributed by atoms with Crippen LogP contribution < -0.4 is 0 Å². The van der Waals surface area contributed by atoms with Crippen LogP contribution in [0.2, 0.25) is 30.1 Å². The molecule has 0 bridgehead atoms. The van der Waals surface area contributed by atoms with Crippen molar-refractivity contribution in [1.29, 1.82) is 0 Å². The lowest BCUT2D eigenvalue weighted by Crippen LogP contribution is -1.95. The monoisotopic (exact) mass is 590 g/mol. The number of benzene rings is 2. The molecule has 2 rings (SSSR count). The van der Waals surface area contributed by atoms with Crippen LogP contribution in [0.3, 0.4) is 0 Å². The van der Waals surface area contributed by atoms with Crippen LogP contribution in [-0.2, 0) is 6.42 Å². The first-order chi connectivity index (χ1) is 16.1. The summed E-state index contributed by atoms with van der Waals surface area (Å²) in [4.78, 5) is 0. The highest BCUT2D eigenvalue weighted by atomic mass is 35.5. The Morgan fingerprint density at radius 2 is 0.912 bits per heavy atom. The summed E-state index contributed by atoms with van der Waals surface area (Å²) < 4.78 is 0. The highest BCUT2D eigenvalue weighted by Crippen LogP contribution is 2.44. The van der Waals surface area contributed by atoms with Crippen molar-refractivity contribution >= 4 is 69.6 Å². The van der Waals surface area contributed by atoms with E-state index in [0.29, 0.717) is 6.61 Å². The molecule has 2 aromatic rings. The summed E-state index contributed by atoms with van der Waals surface area (Å²) in [6.45, 7) is 2.63. The second-order valence-corrected chi connectivity index (χ2v) is 10.4. The van der Waals surface area contributed by atoms with E-state index in [9.17, 15) is 10.2 Å². The largest absolute Gasteiger partial charge is 0.506 e. The fourth-order valence-electron chi connectivity index (χ4n) is 3.37. The quantitative estimate of drug-likeness (QED) is 0.170. The van der Waals surface area contributed by atoms with Crippen molar-refractivity contribution in [3.05, 3.63) is 53.4 Å². The van der Waals surface area contributed by atoms with Gasteiger partial charge >= 0.3 is 0 Å². The molecule has 3 N–H and O–H groups in total. The van der Waals surface area contributed by atoms with Gasteiger partial charge in [-0.3, -0.25) is 0 Å². The van der Waals surface area contributed by atoms with Gasteiger partial charge in [0.1, 0.15) is 11.5 Å². The van der Waals surface area contributed by atoms with Gasteiger partial charge in [-0.25, -0.2) is 0 Å². The zero-order valence-corrected chi connectivity index (χ0v) is 23.8. The van der Waals surface area contributed by atoms with E-state index in [4.69, 9.17) is 74.7 Å². The number of unbranched alkanes of at least 4 members (excludes halogenated alkanes) is 9. The summed E-state index contributed by atoms with van der Waals surface area (Å²) in [5.74, 6) is -0.504. The molecule has 0 saturated carbocycles. The molecule has 3 nitrogen and oxygen atoms in total. The second kappa shape index (κ2) is 17.2. The smallest absolute Gasteiger partial charge is 0.139 e. The Hall–Kier alpha value is -0.260. The summed E-state index contributed by atoms with van der Waals surface area (Å²) in [6.07, 6.45) is 13.3. The summed E-state index contributed by atoms with van der Waals surface area (Å²) in [5, 5.41) is 29.2. The molecule has 0 aliphatic heterocycles. The first-order valence-corrected chi connectivity index (χ1v) is 13.7. The van der Waals surface area contributed by atoms with Crippen LogP contribution >= 0.6 is 69.6 Å². The van der Waals surface area contributed by atoms with Crippen LogP contribution in [0, 0.1) is 0 Å².